The molecule has 2 rings (SSSR count). The Morgan fingerprint density at radius 3 is 1.68 bits per heavy atom. The van der Waals surface area contributed by atoms with Gasteiger partial charge in [-0.1, -0.05) is 25.5 Å². The average molecular weight is 1210 g/mol. The third-order valence-corrected chi connectivity index (χ3v) is 14.3. The van der Waals surface area contributed by atoms with E-state index in [2.05, 4.69) is 47.9 Å². The number of hydrogen-bond acceptors (Lipinski definition) is 20. The predicted molar refractivity (Wildman–Crippen MR) is 307 cm³/mol. The number of unbranched alkanes of at least 4 members (excludes halogenated alkanes) is 2. The van der Waals surface area contributed by atoms with Gasteiger partial charge in [-0.25, -0.2) is 0 Å². The molecule has 17 N–H and O–H groups in total. The second-order valence-electron chi connectivity index (χ2n) is 21.9. The minimum absolute atomic E-state index is 0.0365. The van der Waals surface area contributed by atoms with Crippen molar-refractivity contribution in [3.05, 3.63) is 11.6 Å². The number of carbonyl (C=O) groups is 11. The summed E-state index contributed by atoms with van der Waals surface area (Å²) in [4.78, 5) is 149. The van der Waals surface area contributed by atoms with Gasteiger partial charge in [-0.2, -0.15) is 0 Å². The van der Waals surface area contributed by atoms with E-state index in [1.807, 2.05) is 6.08 Å². The first-order chi connectivity index (χ1) is 40.6. The number of aldehydes is 2. The van der Waals surface area contributed by atoms with Gasteiger partial charge in [-0.15, -0.1) is 0 Å². The van der Waals surface area contributed by atoms with Crippen molar-refractivity contribution >= 4 is 65.7 Å². The number of nitrogens with one attached hydrogen (secondary N) is 9. The van der Waals surface area contributed by atoms with Crippen LogP contribution in [0.3, 0.4) is 0 Å². The average Bonchev–Trinajstić information content (AvgIpc) is 4.02. The molecule has 9 amide bonds. The molecule has 29 heteroatoms. The molecule has 1 saturated heterocycles. The molecule has 1 heterocycles. The molecule has 1 aliphatic heterocycles. The van der Waals surface area contributed by atoms with Crippen molar-refractivity contribution in [3.8, 4) is 0 Å². The molecule has 29 nitrogen and oxygen atoms in total. The Morgan fingerprint density at radius 1 is 0.647 bits per heavy atom. The van der Waals surface area contributed by atoms with E-state index in [0.29, 0.717) is 70.5 Å². The Morgan fingerprint density at radius 2 is 1.16 bits per heavy atom. The maximum absolute atomic E-state index is 14.2. The van der Waals surface area contributed by atoms with Gasteiger partial charge in [0.15, 0.2) is 0 Å². The largest absolute Gasteiger partial charge is 0.396 e. The van der Waals surface area contributed by atoms with Gasteiger partial charge in [-0.3, -0.25) is 53.8 Å². The predicted octanol–water partition coefficient (Wildman–Crippen LogP) is -3.94. The summed E-state index contributed by atoms with van der Waals surface area (Å²) >= 11 is 0. The number of nitrogens with zero attached hydrogens (tertiary/aromatic N) is 1. The number of primary amides is 1. The lowest BCUT2D eigenvalue weighted by Gasteiger charge is -2.30. The Labute approximate surface area is 497 Å². The van der Waals surface area contributed by atoms with Crippen molar-refractivity contribution in [1.29, 1.82) is 0 Å². The smallest absolute Gasteiger partial charge is 0.245 e. The number of nitrogens with two attached hydrogens (primary N) is 1. The van der Waals surface area contributed by atoms with Crippen LogP contribution < -0.4 is 53.6 Å². The van der Waals surface area contributed by atoms with Crippen molar-refractivity contribution in [2.75, 3.05) is 52.7 Å². The minimum atomic E-state index is -1.62. The van der Waals surface area contributed by atoms with Crippen LogP contribution in [0.5, 0.6) is 0 Å². The van der Waals surface area contributed by atoms with E-state index in [1.165, 1.54) is 11.8 Å². The van der Waals surface area contributed by atoms with Gasteiger partial charge < -0.3 is 92.8 Å². The molecular formula is C56H97N11O18. The van der Waals surface area contributed by atoms with Crippen molar-refractivity contribution < 1.29 is 88.1 Å². The lowest BCUT2D eigenvalue weighted by atomic mass is 9.94. The first-order valence-corrected chi connectivity index (χ1v) is 29.8. The molecule has 0 spiro atoms. The summed E-state index contributed by atoms with van der Waals surface area (Å²) < 4.78 is 5.05. The van der Waals surface area contributed by atoms with Crippen LogP contribution in [0.1, 0.15) is 149 Å². The first-order valence-electron chi connectivity index (χ1n) is 29.8. The fraction of sp³-hybridized carbons (Fsp3) is 0.768. The summed E-state index contributed by atoms with van der Waals surface area (Å²) in [6.07, 6.45) is 3.43. The van der Waals surface area contributed by atoms with Crippen molar-refractivity contribution in [3.63, 3.8) is 0 Å². The summed E-state index contributed by atoms with van der Waals surface area (Å²) in [5, 5.41) is 81.3. The van der Waals surface area contributed by atoms with E-state index >= 15 is 0 Å². The summed E-state index contributed by atoms with van der Waals surface area (Å²) in [6, 6.07) is -10.8. The van der Waals surface area contributed by atoms with E-state index in [9.17, 15) is 78.3 Å². The van der Waals surface area contributed by atoms with Crippen LogP contribution in [-0.2, 0) is 57.5 Å². The van der Waals surface area contributed by atoms with Crippen molar-refractivity contribution in [2.24, 2.45) is 11.7 Å². The van der Waals surface area contributed by atoms with Crippen LogP contribution in [0.2, 0.25) is 0 Å². The molecule has 0 saturated carbocycles. The molecule has 0 aromatic carbocycles. The fourth-order valence-electron chi connectivity index (χ4n) is 9.65. The zero-order chi connectivity index (χ0) is 63.3. The highest BCUT2D eigenvalue weighted by Gasteiger charge is 2.40. The number of rotatable bonds is 46. The molecule has 6 unspecified atom stereocenters. The number of likely N-dealkylation sites (tertiary alicyclic amines) is 1. The summed E-state index contributed by atoms with van der Waals surface area (Å²) in [5.41, 5.74) is 6.61. The molecule has 85 heavy (non-hydrogen) atoms. The molecule has 11 atom stereocenters. The molecule has 0 aromatic heterocycles. The fourth-order valence-corrected chi connectivity index (χ4v) is 9.65. The summed E-state index contributed by atoms with van der Waals surface area (Å²) in [5.74, 6) is -7.52. The number of hydrogen-bond donors (Lipinski definition) is 16. The highest BCUT2D eigenvalue weighted by atomic mass is 16.5. The van der Waals surface area contributed by atoms with E-state index in [0.717, 1.165) is 5.57 Å². The number of carbonyl (C=O) groups excluding carboxylic acids is 11. The molecular weight excluding hydrogens is 1110 g/mol. The monoisotopic (exact) mass is 1210 g/mol. The van der Waals surface area contributed by atoms with Gasteiger partial charge in [0.2, 0.25) is 53.2 Å². The molecule has 484 valence electrons. The molecule has 0 radical (unpaired) electrons. The summed E-state index contributed by atoms with van der Waals surface area (Å²) in [7, 11) is 0. The zero-order valence-corrected chi connectivity index (χ0v) is 49.6. The topological polar surface area (TPSA) is 456 Å². The SMILES string of the molecule is CC(C)CC(NC(=O)[C@H]1CCCN1C(=O)C(CCCO)NC(=O)CCC1=CC[C@H](O)CC1)C(=O)N[C@H](CC=O)C(=O)NC(CCCO)C(=O)NC(CCCCN[C@H](C)O)C(=O)NC(CC=O)C(=O)NC(CCCCN[C@@H](O)COCCO)C(N)=O. The number of ether oxygens (including phenoxy) is 1. The molecule has 0 bridgehead atoms. The highest BCUT2D eigenvalue weighted by molar-refractivity contribution is 5.99. The quantitative estimate of drug-likeness (QED) is 0.0120. The number of aliphatic hydroxyl groups is 6. The van der Waals surface area contributed by atoms with Gasteiger partial charge in [0.1, 0.15) is 73.4 Å². The van der Waals surface area contributed by atoms with Crippen LogP contribution in [0, 0.1) is 5.92 Å². The maximum atomic E-state index is 14.2. The maximum Gasteiger partial charge on any atom is 0.245 e. The summed E-state index contributed by atoms with van der Waals surface area (Å²) in [6.45, 7) is 4.84. The van der Waals surface area contributed by atoms with E-state index in [4.69, 9.17) is 15.6 Å². The standard InChI is InChI=1S/C56H97N11O18/c1-35(2)33-45(66-55(83)46-15-8-26-67(46)56(84)44(14-10-28-69)60-47(75)21-18-37-16-19-38(74)20-17-37)54(82)65-43(23-30-71)53(81)63-41(13-9-27-68)51(79)62-40(12-5-6-24-58-36(3)73)50(78)64-42(22-29-70)52(80)61-39(49(57)77)11-4-7-25-59-48(76)34-85-32-31-72/h16,29-30,35-36,38-46,48,58-59,68-69,72-74,76H,4-15,17-28,31-34H2,1-3H3,(H2,57,77)(H,60,75)(H,61,80)(H,62,79)(H,63,81)(H,64,78)(H,65,82)(H,66,83)/t36-,38-,39?,40?,41?,42?,43+,44?,45?,46+,48-/m0/s1. The van der Waals surface area contributed by atoms with Gasteiger partial charge in [0.25, 0.3) is 0 Å². The number of aliphatic hydroxyl groups excluding tert-OH is 6. The molecule has 2 aliphatic rings. The number of allylic oxidation sites excluding steroid dienone is 1. The highest BCUT2D eigenvalue weighted by Crippen LogP contribution is 2.23. The Balaban J connectivity index is 2.27. The molecule has 1 fully saturated rings. The van der Waals surface area contributed by atoms with Crippen LogP contribution in [0.15, 0.2) is 11.6 Å². The second kappa shape index (κ2) is 42.7. The Kier molecular flexibility index (Phi) is 37.7. The zero-order valence-electron chi connectivity index (χ0n) is 49.6. The van der Waals surface area contributed by atoms with E-state index < -0.39 is 140 Å². The third-order valence-electron chi connectivity index (χ3n) is 14.3. The van der Waals surface area contributed by atoms with Crippen LogP contribution >= 0.6 is 0 Å². The lowest BCUT2D eigenvalue weighted by Crippen LogP contribution is -2.60. The van der Waals surface area contributed by atoms with Crippen molar-refractivity contribution in [1.82, 2.24) is 52.8 Å². The van der Waals surface area contributed by atoms with Gasteiger partial charge in [-0.05, 0) is 135 Å². The van der Waals surface area contributed by atoms with Gasteiger partial charge in [0.05, 0.1) is 25.9 Å². The second-order valence-corrected chi connectivity index (χ2v) is 21.9. The van der Waals surface area contributed by atoms with Crippen LogP contribution in [0.25, 0.3) is 0 Å². The van der Waals surface area contributed by atoms with Crippen LogP contribution in [-0.4, -0.2) is 221 Å². The van der Waals surface area contributed by atoms with E-state index in [1.54, 1.807) is 13.8 Å². The van der Waals surface area contributed by atoms with Gasteiger partial charge in [0, 0.05) is 39.0 Å². The molecule has 1 aliphatic carbocycles. The molecule has 0 aromatic rings. The number of amides is 9. The third kappa shape index (κ3) is 30.2. The van der Waals surface area contributed by atoms with Crippen molar-refractivity contribution in [2.45, 2.75) is 216 Å². The van der Waals surface area contributed by atoms with Crippen LogP contribution in [0.4, 0.5) is 0 Å². The Bertz CT molecular complexity index is 2140. The first kappa shape index (κ1) is 75.0. The Hall–Kier alpha value is -6.05. The normalized spacial score (nSPS) is 18.2. The minimum Gasteiger partial charge on any atom is -0.396 e. The lowest BCUT2D eigenvalue weighted by molar-refractivity contribution is -0.142. The van der Waals surface area contributed by atoms with Gasteiger partial charge >= 0.3 is 0 Å². The van der Waals surface area contributed by atoms with E-state index in [-0.39, 0.29) is 110 Å².